The van der Waals surface area contributed by atoms with Gasteiger partial charge in [0.25, 0.3) is 0 Å². The van der Waals surface area contributed by atoms with Gasteiger partial charge in [0.2, 0.25) is 0 Å². The van der Waals surface area contributed by atoms with Crippen LogP contribution >= 0.6 is 0 Å². The number of aromatic nitrogens is 2. The molecule has 2 aromatic rings. The van der Waals surface area contributed by atoms with Gasteiger partial charge in [-0.1, -0.05) is 6.92 Å². The van der Waals surface area contributed by atoms with Crippen LogP contribution in [0.3, 0.4) is 0 Å². The van der Waals surface area contributed by atoms with Crippen LogP contribution in [0.1, 0.15) is 32.1 Å². The number of nitrogens with zero attached hydrogens (tertiary/aromatic N) is 2. The van der Waals surface area contributed by atoms with Crippen LogP contribution in [0.4, 0.5) is 5.82 Å². The molecule has 1 atom stereocenters. The molecular weight excluding hydrogens is 202 g/mol. The fourth-order valence-electron chi connectivity index (χ4n) is 1.72. The molecule has 0 aliphatic heterocycles. The Balaban J connectivity index is 2.42. The summed E-state index contributed by atoms with van der Waals surface area (Å²) in [5.74, 6) is 1.57. The second-order valence-corrected chi connectivity index (χ2v) is 4.05. The van der Waals surface area contributed by atoms with Gasteiger partial charge in [-0.3, -0.25) is 0 Å². The van der Waals surface area contributed by atoms with Crippen molar-refractivity contribution >= 4 is 5.82 Å². The van der Waals surface area contributed by atoms with Gasteiger partial charge >= 0.3 is 0 Å². The first-order valence-corrected chi connectivity index (χ1v) is 5.53. The number of hydrogen-bond acceptors (Lipinski definition) is 3. The molecule has 0 saturated carbocycles. The van der Waals surface area contributed by atoms with E-state index >= 15 is 0 Å². The third-order valence-corrected chi connectivity index (χ3v) is 2.91. The number of rotatable bonds is 3. The summed E-state index contributed by atoms with van der Waals surface area (Å²) in [6.07, 6.45) is 2.68. The van der Waals surface area contributed by atoms with Crippen molar-refractivity contribution in [3.8, 4) is 11.3 Å². The molecular formula is C12H17N3O. The predicted molar refractivity (Wildman–Crippen MR) is 64.1 cm³/mol. The van der Waals surface area contributed by atoms with Crippen LogP contribution < -0.4 is 5.73 Å². The van der Waals surface area contributed by atoms with Crippen molar-refractivity contribution in [1.29, 1.82) is 0 Å². The fraction of sp³-hybridized carbons (Fsp3) is 0.417. The van der Waals surface area contributed by atoms with Crippen LogP contribution in [-0.4, -0.2) is 9.78 Å². The average molecular weight is 219 g/mol. The number of nitrogen functional groups attached to an aromatic ring is 1. The van der Waals surface area contributed by atoms with Crippen LogP contribution in [0.15, 0.2) is 22.8 Å². The number of anilines is 1. The van der Waals surface area contributed by atoms with Crippen molar-refractivity contribution in [2.75, 3.05) is 5.73 Å². The molecule has 0 bridgehead atoms. The molecule has 2 aromatic heterocycles. The zero-order valence-electron chi connectivity index (χ0n) is 9.90. The van der Waals surface area contributed by atoms with Crippen molar-refractivity contribution in [2.24, 2.45) is 0 Å². The van der Waals surface area contributed by atoms with E-state index in [0.717, 1.165) is 23.4 Å². The van der Waals surface area contributed by atoms with Crippen molar-refractivity contribution in [3.05, 3.63) is 24.2 Å². The summed E-state index contributed by atoms with van der Waals surface area (Å²) < 4.78 is 7.13. The van der Waals surface area contributed by atoms with Crippen LogP contribution in [0.25, 0.3) is 11.3 Å². The van der Waals surface area contributed by atoms with Gasteiger partial charge in [-0.2, -0.15) is 5.10 Å². The Bertz CT molecular complexity index is 484. The lowest BCUT2D eigenvalue weighted by Crippen LogP contribution is -2.08. The highest BCUT2D eigenvalue weighted by Gasteiger charge is 2.13. The summed E-state index contributed by atoms with van der Waals surface area (Å²) in [5, 5.41) is 4.52. The Kier molecular flexibility index (Phi) is 2.73. The normalized spacial score (nSPS) is 12.9. The predicted octanol–water partition coefficient (Wildman–Crippen LogP) is 3.00. The Morgan fingerprint density at radius 3 is 2.88 bits per heavy atom. The topological polar surface area (TPSA) is 57.0 Å². The Labute approximate surface area is 95.1 Å². The van der Waals surface area contributed by atoms with E-state index in [-0.39, 0.29) is 0 Å². The van der Waals surface area contributed by atoms with Gasteiger partial charge in [0.1, 0.15) is 11.6 Å². The quantitative estimate of drug-likeness (QED) is 0.863. The van der Waals surface area contributed by atoms with Gasteiger partial charge in [0.05, 0.1) is 18.0 Å². The lowest BCUT2D eigenvalue weighted by atomic mass is 10.2. The van der Waals surface area contributed by atoms with E-state index in [1.807, 2.05) is 23.7 Å². The van der Waals surface area contributed by atoms with Crippen molar-refractivity contribution in [1.82, 2.24) is 9.78 Å². The number of furan rings is 1. The molecule has 0 fully saturated rings. The van der Waals surface area contributed by atoms with E-state index in [9.17, 15) is 0 Å². The smallest absolute Gasteiger partial charge is 0.122 e. The molecule has 2 heterocycles. The lowest BCUT2D eigenvalue weighted by Gasteiger charge is -2.10. The largest absolute Gasteiger partial charge is 0.469 e. The van der Waals surface area contributed by atoms with Gasteiger partial charge < -0.3 is 10.2 Å². The summed E-state index contributed by atoms with van der Waals surface area (Å²) in [7, 11) is 0. The molecule has 0 aromatic carbocycles. The molecule has 86 valence electrons. The first kappa shape index (κ1) is 10.8. The first-order chi connectivity index (χ1) is 7.63. The van der Waals surface area contributed by atoms with Gasteiger partial charge in [-0.05, 0) is 26.3 Å². The molecule has 0 amide bonds. The molecule has 2 rings (SSSR count). The third kappa shape index (κ3) is 1.71. The molecule has 0 aliphatic carbocycles. The molecule has 2 N–H and O–H groups in total. The molecule has 0 spiro atoms. The highest BCUT2D eigenvalue weighted by atomic mass is 16.3. The van der Waals surface area contributed by atoms with E-state index in [1.165, 1.54) is 0 Å². The maximum Gasteiger partial charge on any atom is 0.122 e. The summed E-state index contributed by atoms with van der Waals surface area (Å²) in [6, 6.07) is 4.13. The fourth-order valence-corrected chi connectivity index (χ4v) is 1.72. The minimum Gasteiger partial charge on any atom is -0.469 e. The Morgan fingerprint density at radius 2 is 2.31 bits per heavy atom. The summed E-state index contributed by atoms with van der Waals surface area (Å²) >= 11 is 0. The first-order valence-electron chi connectivity index (χ1n) is 5.53. The number of aryl methyl sites for hydroxylation is 1. The standard InChI is InChI=1S/C12H17N3O/c1-4-8(2)15-12(13)7-11(14-15)10-5-6-16-9(10)3/h5-8H,4,13H2,1-3H3. The molecule has 0 saturated heterocycles. The van der Waals surface area contributed by atoms with Crippen molar-refractivity contribution < 1.29 is 4.42 Å². The molecule has 4 heteroatoms. The van der Waals surface area contributed by atoms with Crippen molar-refractivity contribution in [3.63, 3.8) is 0 Å². The highest BCUT2D eigenvalue weighted by Crippen LogP contribution is 2.26. The molecule has 16 heavy (non-hydrogen) atoms. The monoisotopic (exact) mass is 219 g/mol. The van der Waals surface area contributed by atoms with Crippen molar-refractivity contribution in [2.45, 2.75) is 33.2 Å². The van der Waals surface area contributed by atoms with E-state index in [0.29, 0.717) is 11.9 Å². The maximum atomic E-state index is 5.94. The Hall–Kier alpha value is -1.71. The maximum absolute atomic E-state index is 5.94. The van der Waals surface area contributed by atoms with E-state index in [2.05, 4.69) is 18.9 Å². The van der Waals surface area contributed by atoms with Gasteiger partial charge in [-0.25, -0.2) is 4.68 Å². The zero-order chi connectivity index (χ0) is 11.7. The molecule has 1 unspecified atom stereocenters. The van der Waals surface area contributed by atoms with Gasteiger partial charge in [0.15, 0.2) is 0 Å². The summed E-state index contributed by atoms with van der Waals surface area (Å²) in [6.45, 7) is 6.15. The van der Waals surface area contributed by atoms with E-state index in [4.69, 9.17) is 10.2 Å². The van der Waals surface area contributed by atoms with E-state index < -0.39 is 0 Å². The van der Waals surface area contributed by atoms with Crippen LogP contribution in [-0.2, 0) is 0 Å². The minimum absolute atomic E-state index is 0.320. The zero-order valence-corrected chi connectivity index (χ0v) is 9.90. The Morgan fingerprint density at radius 1 is 1.56 bits per heavy atom. The molecule has 4 nitrogen and oxygen atoms in total. The van der Waals surface area contributed by atoms with Gasteiger partial charge in [-0.15, -0.1) is 0 Å². The van der Waals surface area contributed by atoms with Crippen LogP contribution in [0.5, 0.6) is 0 Å². The molecule has 0 radical (unpaired) electrons. The van der Waals surface area contributed by atoms with Crippen LogP contribution in [0.2, 0.25) is 0 Å². The minimum atomic E-state index is 0.320. The van der Waals surface area contributed by atoms with Gasteiger partial charge in [0, 0.05) is 11.6 Å². The number of nitrogens with two attached hydrogens (primary N) is 1. The second kappa shape index (κ2) is 4.04. The lowest BCUT2D eigenvalue weighted by molar-refractivity contribution is 0.485. The third-order valence-electron chi connectivity index (χ3n) is 2.91. The second-order valence-electron chi connectivity index (χ2n) is 4.05. The number of hydrogen-bond donors (Lipinski definition) is 1. The highest BCUT2D eigenvalue weighted by molar-refractivity contribution is 5.63. The summed E-state index contributed by atoms with van der Waals surface area (Å²) in [5.41, 5.74) is 7.83. The summed E-state index contributed by atoms with van der Waals surface area (Å²) in [4.78, 5) is 0. The SMILES string of the molecule is CCC(C)n1nc(-c2ccoc2C)cc1N. The molecule has 0 aliphatic rings. The van der Waals surface area contributed by atoms with Crippen LogP contribution in [0, 0.1) is 6.92 Å². The van der Waals surface area contributed by atoms with E-state index in [1.54, 1.807) is 6.26 Å². The average Bonchev–Trinajstić information content (AvgIpc) is 2.83.